The fourth-order valence-corrected chi connectivity index (χ4v) is 2.00. The van der Waals surface area contributed by atoms with Crippen LogP contribution in [0.25, 0.3) is 0 Å². The van der Waals surface area contributed by atoms with E-state index in [-0.39, 0.29) is 11.9 Å². The summed E-state index contributed by atoms with van der Waals surface area (Å²) in [6.07, 6.45) is 8.10. The van der Waals surface area contributed by atoms with E-state index in [2.05, 4.69) is 22.1 Å². The number of nitrogens with one attached hydrogen (secondary N) is 3. The van der Waals surface area contributed by atoms with Crippen LogP contribution in [0.15, 0.2) is 0 Å². The van der Waals surface area contributed by atoms with Gasteiger partial charge in [0, 0.05) is 6.54 Å². The summed E-state index contributed by atoms with van der Waals surface area (Å²) in [7, 11) is 0. The number of hydrogen-bond acceptors (Lipinski definition) is 3. The van der Waals surface area contributed by atoms with Crippen LogP contribution >= 0.6 is 0 Å². The zero-order valence-corrected chi connectivity index (χ0v) is 10.7. The summed E-state index contributed by atoms with van der Waals surface area (Å²) >= 11 is 0. The van der Waals surface area contributed by atoms with Gasteiger partial charge in [-0.05, 0) is 26.3 Å². The zero-order valence-electron chi connectivity index (χ0n) is 10.7. The van der Waals surface area contributed by atoms with Crippen molar-refractivity contribution in [3.8, 4) is 12.3 Å². The van der Waals surface area contributed by atoms with Gasteiger partial charge >= 0.3 is 6.03 Å². The molecule has 1 fully saturated rings. The topological polar surface area (TPSA) is 73.5 Å². The van der Waals surface area contributed by atoms with E-state index in [1.54, 1.807) is 6.92 Å². The SMILES string of the molecule is C#CCN1CCCC[C@H]1C(=O)NNC(=O)NCC. The van der Waals surface area contributed by atoms with Crippen molar-refractivity contribution in [2.45, 2.75) is 32.2 Å². The highest BCUT2D eigenvalue weighted by Gasteiger charge is 2.28. The third-order valence-corrected chi connectivity index (χ3v) is 2.85. The lowest BCUT2D eigenvalue weighted by atomic mass is 10.0. The van der Waals surface area contributed by atoms with Gasteiger partial charge in [-0.2, -0.15) is 0 Å². The minimum atomic E-state index is -0.412. The number of rotatable bonds is 3. The molecule has 6 heteroatoms. The lowest BCUT2D eigenvalue weighted by Gasteiger charge is -2.33. The third kappa shape index (κ3) is 4.26. The highest BCUT2D eigenvalue weighted by Crippen LogP contribution is 2.16. The lowest BCUT2D eigenvalue weighted by Crippen LogP contribution is -2.55. The Morgan fingerprint density at radius 1 is 1.39 bits per heavy atom. The molecule has 18 heavy (non-hydrogen) atoms. The summed E-state index contributed by atoms with van der Waals surface area (Å²) in [5, 5.41) is 2.53. The Morgan fingerprint density at radius 3 is 2.83 bits per heavy atom. The average Bonchev–Trinajstić information content (AvgIpc) is 2.37. The molecule has 0 unspecified atom stereocenters. The molecule has 6 nitrogen and oxygen atoms in total. The monoisotopic (exact) mass is 252 g/mol. The van der Waals surface area contributed by atoms with Crippen molar-refractivity contribution in [1.29, 1.82) is 0 Å². The second-order valence-corrected chi connectivity index (χ2v) is 4.16. The maximum absolute atomic E-state index is 11.9. The molecule has 1 aliphatic rings. The molecule has 1 atom stereocenters. The Bertz CT molecular complexity index is 337. The molecule has 0 saturated carbocycles. The van der Waals surface area contributed by atoms with E-state index in [0.717, 1.165) is 25.8 Å². The van der Waals surface area contributed by atoms with Crippen molar-refractivity contribution >= 4 is 11.9 Å². The summed E-state index contributed by atoms with van der Waals surface area (Å²) in [4.78, 5) is 25.0. The average molecular weight is 252 g/mol. The van der Waals surface area contributed by atoms with Gasteiger partial charge in [0.25, 0.3) is 5.91 Å². The fraction of sp³-hybridized carbons (Fsp3) is 0.667. The number of carbonyl (C=O) groups excluding carboxylic acids is 2. The van der Waals surface area contributed by atoms with Crippen LogP contribution in [0.3, 0.4) is 0 Å². The van der Waals surface area contributed by atoms with E-state index in [0.29, 0.717) is 13.1 Å². The molecular formula is C12H20N4O2. The van der Waals surface area contributed by atoms with Crippen LogP contribution in [0, 0.1) is 12.3 Å². The van der Waals surface area contributed by atoms with Crippen molar-refractivity contribution in [2.75, 3.05) is 19.6 Å². The second-order valence-electron chi connectivity index (χ2n) is 4.16. The van der Waals surface area contributed by atoms with Gasteiger partial charge in [0.2, 0.25) is 0 Å². The molecule has 3 N–H and O–H groups in total. The molecule has 0 aromatic heterocycles. The van der Waals surface area contributed by atoms with Crippen LogP contribution in [-0.4, -0.2) is 42.5 Å². The Balaban J connectivity index is 2.43. The Kier molecular flexibility index (Phi) is 6.01. The molecule has 1 heterocycles. The van der Waals surface area contributed by atoms with Crippen molar-refractivity contribution in [1.82, 2.24) is 21.1 Å². The van der Waals surface area contributed by atoms with E-state index in [1.165, 1.54) is 0 Å². The molecule has 0 aromatic rings. The molecule has 0 aromatic carbocycles. The smallest absolute Gasteiger partial charge is 0.333 e. The van der Waals surface area contributed by atoms with Gasteiger partial charge in [-0.1, -0.05) is 12.3 Å². The molecule has 0 aliphatic carbocycles. The van der Waals surface area contributed by atoms with Gasteiger partial charge in [-0.25, -0.2) is 10.2 Å². The number of urea groups is 1. The number of piperidine rings is 1. The first-order valence-electron chi connectivity index (χ1n) is 6.20. The van der Waals surface area contributed by atoms with Crippen LogP contribution in [0.2, 0.25) is 0 Å². The molecule has 3 amide bonds. The first-order valence-corrected chi connectivity index (χ1v) is 6.20. The maximum Gasteiger partial charge on any atom is 0.333 e. The minimum Gasteiger partial charge on any atom is -0.337 e. The van der Waals surface area contributed by atoms with Crippen LogP contribution in [0.5, 0.6) is 0 Å². The van der Waals surface area contributed by atoms with Crippen LogP contribution < -0.4 is 16.2 Å². The minimum absolute atomic E-state index is 0.212. The van der Waals surface area contributed by atoms with Crippen molar-refractivity contribution < 1.29 is 9.59 Å². The van der Waals surface area contributed by atoms with Crippen LogP contribution in [0.1, 0.15) is 26.2 Å². The van der Waals surface area contributed by atoms with Gasteiger partial charge in [0.05, 0.1) is 12.6 Å². The van der Waals surface area contributed by atoms with Crippen LogP contribution in [0.4, 0.5) is 4.79 Å². The lowest BCUT2D eigenvalue weighted by molar-refractivity contribution is -0.128. The van der Waals surface area contributed by atoms with Gasteiger partial charge < -0.3 is 5.32 Å². The Hall–Kier alpha value is -1.74. The van der Waals surface area contributed by atoms with Crippen LogP contribution in [-0.2, 0) is 4.79 Å². The number of hydrogen-bond donors (Lipinski definition) is 3. The second kappa shape index (κ2) is 7.56. The number of amides is 3. The van der Waals surface area contributed by atoms with Crippen molar-refractivity contribution in [3.05, 3.63) is 0 Å². The zero-order chi connectivity index (χ0) is 13.4. The molecule has 100 valence electrons. The molecular weight excluding hydrogens is 232 g/mol. The Labute approximate surface area is 107 Å². The van der Waals surface area contributed by atoms with E-state index in [9.17, 15) is 9.59 Å². The fourth-order valence-electron chi connectivity index (χ4n) is 2.00. The number of carbonyl (C=O) groups is 2. The first kappa shape index (κ1) is 14.3. The number of hydrazine groups is 1. The molecule has 0 radical (unpaired) electrons. The largest absolute Gasteiger partial charge is 0.337 e. The van der Waals surface area contributed by atoms with Gasteiger partial charge in [-0.15, -0.1) is 6.42 Å². The van der Waals surface area contributed by atoms with Crippen molar-refractivity contribution in [2.24, 2.45) is 0 Å². The quantitative estimate of drug-likeness (QED) is 0.482. The predicted molar refractivity (Wildman–Crippen MR) is 68.4 cm³/mol. The molecule has 0 spiro atoms. The van der Waals surface area contributed by atoms with Gasteiger partial charge in [0.1, 0.15) is 0 Å². The summed E-state index contributed by atoms with van der Waals surface area (Å²) in [5.41, 5.74) is 4.73. The van der Waals surface area contributed by atoms with E-state index in [1.807, 2.05) is 4.90 Å². The highest BCUT2D eigenvalue weighted by atomic mass is 16.2. The highest BCUT2D eigenvalue weighted by molar-refractivity contribution is 5.84. The van der Waals surface area contributed by atoms with E-state index in [4.69, 9.17) is 6.42 Å². The summed E-state index contributed by atoms with van der Waals surface area (Å²) in [6, 6.07) is -0.665. The number of nitrogens with zero attached hydrogens (tertiary/aromatic N) is 1. The number of likely N-dealkylation sites (tertiary alicyclic amines) is 1. The van der Waals surface area contributed by atoms with Gasteiger partial charge in [-0.3, -0.25) is 15.1 Å². The van der Waals surface area contributed by atoms with Gasteiger partial charge in [0.15, 0.2) is 0 Å². The van der Waals surface area contributed by atoms with E-state index < -0.39 is 6.03 Å². The first-order chi connectivity index (χ1) is 8.69. The molecule has 0 bridgehead atoms. The molecule has 1 rings (SSSR count). The molecule has 1 saturated heterocycles. The molecule has 1 aliphatic heterocycles. The summed E-state index contributed by atoms with van der Waals surface area (Å²) < 4.78 is 0. The van der Waals surface area contributed by atoms with E-state index >= 15 is 0 Å². The predicted octanol–water partition coefficient (Wildman–Crippen LogP) is -0.176. The summed E-state index contributed by atoms with van der Waals surface area (Å²) in [6.45, 7) is 3.59. The maximum atomic E-state index is 11.9. The Morgan fingerprint density at radius 2 is 2.17 bits per heavy atom. The standard InChI is InChI=1S/C12H20N4O2/c1-3-8-16-9-6-5-7-10(16)11(17)14-15-12(18)13-4-2/h1,10H,4-9H2,2H3,(H,14,17)(H2,13,15,18)/t10-/m0/s1. The normalized spacial score (nSPS) is 19.7. The third-order valence-electron chi connectivity index (χ3n) is 2.85. The number of terminal acetylenes is 1. The summed E-state index contributed by atoms with van der Waals surface area (Å²) in [5.74, 6) is 2.34. The van der Waals surface area contributed by atoms with Crippen molar-refractivity contribution in [3.63, 3.8) is 0 Å².